The number of thiocarbonyl (C=S) groups is 1. The number of Topliss-reactive ketones (excluding diaryl/α,β-unsaturated/α-hetero) is 1. The molecule has 3 rings (SSSR count). The zero-order valence-electron chi connectivity index (χ0n) is 16.3. The first-order valence-corrected chi connectivity index (χ1v) is 9.81. The molecule has 8 heteroatoms. The average molecular weight is 430 g/mol. The van der Waals surface area contributed by atoms with Gasteiger partial charge in [-0.3, -0.25) is 14.5 Å². The zero-order chi connectivity index (χ0) is 21.1. The Hall–Kier alpha value is -2.84. The Morgan fingerprint density at radius 3 is 2.28 bits per heavy atom. The highest BCUT2D eigenvalue weighted by atomic mass is 32.2. The molecule has 0 unspecified atom stereocenters. The topological polar surface area (TPSA) is 65.1 Å². The summed E-state index contributed by atoms with van der Waals surface area (Å²) < 4.78 is 16.5. The van der Waals surface area contributed by atoms with Crippen molar-refractivity contribution in [3.05, 3.63) is 52.4 Å². The van der Waals surface area contributed by atoms with E-state index in [4.69, 9.17) is 26.4 Å². The molecule has 0 radical (unpaired) electrons. The number of ketones is 1. The van der Waals surface area contributed by atoms with Crippen LogP contribution in [0.1, 0.15) is 22.8 Å². The molecule has 150 valence electrons. The van der Waals surface area contributed by atoms with E-state index < -0.39 is 0 Å². The molecule has 29 heavy (non-hydrogen) atoms. The van der Waals surface area contributed by atoms with Crippen molar-refractivity contribution in [2.45, 2.75) is 6.92 Å². The third kappa shape index (κ3) is 4.13. The van der Waals surface area contributed by atoms with Gasteiger partial charge in [-0.25, -0.2) is 0 Å². The number of rotatable bonds is 6. The fourth-order valence-corrected chi connectivity index (χ4v) is 4.19. The molecule has 0 atom stereocenters. The third-order valence-electron chi connectivity index (χ3n) is 4.29. The molecule has 1 aliphatic heterocycles. The number of ether oxygens (including phenoxy) is 3. The predicted molar refractivity (Wildman–Crippen MR) is 118 cm³/mol. The van der Waals surface area contributed by atoms with Crippen LogP contribution in [0, 0.1) is 0 Å². The highest BCUT2D eigenvalue weighted by molar-refractivity contribution is 8.27. The summed E-state index contributed by atoms with van der Waals surface area (Å²) in [6.45, 7) is 1.48. The quantitative estimate of drug-likeness (QED) is 0.385. The lowest BCUT2D eigenvalue weighted by molar-refractivity contribution is -0.113. The maximum atomic E-state index is 13.0. The van der Waals surface area contributed by atoms with Gasteiger partial charge in [-0.1, -0.05) is 36.1 Å². The van der Waals surface area contributed by atoms with Gasteiger partial charge in [0.25, 0.3) is 5.91 Å². The van der Waals surface area contributed by atoms with Crippen LogP contribution in [0.5, 0.6) is 17.2 Å². The molecule has 2 aromatic rings. The second-order valence-corrected chi connectivity index (χ2v) is 7.76. The van der Waals surface area contributed by atoms with Gasteiger partial charge in [0.2, 0.25) is 5.75 Å². The van der Waals surface area contributed by atoms with Crippen molar-refractivity contribution in [2.24, 2.45) is 0 Å². The Morgan fingerprint density at radius 2 is 1.72 bits per heavy atom. The molecule has 0 spiro atoms. The summed E-state index contributed by atoms with van der Waals surface area (Å²) in [6.07, 6.45) is 1.72. The standard InChI is InChI=1S/C21H19NO5S2/c1-12(23)14-6-5-7-15(11-14)22-20(24)18(29-21(22)28)10-13-8-16(25-2)19(27-4)17(9-13)26-3/h5-11H,1-4H3/b18-10+. The number of amides is 1. The number of hydrogen-bond acceptors (Lipinski definition) is 7. The van der Waals surface area contributed by atoms with Gasteiger partial charge < -0.3 is 14.2 Å². The van der Waals surface area contributed by atoms with Crippen LogP contribution in [0.25, 0.3) is 6.08 Å². The monoisotopic (exact) mass is 429 g/mol. The molecule has 0 aliphatic carbocycles. The summed E-state index contributed by atoms with van der Waals surface area (Å²) >= 11 is 6.61. The van der Waals surface area contributed by atoms with E-state index in [9.17, 15) is 9.59 Å². The summed E-state index contributed by atoms with van der Waals surface area (Å²) in [4.78, 5) is 26.6. The summed E-state index contributed by atoms with van der Waals surface area (Å²) in [6, 6.07) is 10.4. The highest BCUT2D eigenvalue weighted by Crippen LogP contribution is 2.41. The molecule has 0 N–H and O–H groups in total. The maximum Gasteiger partial charge on any atom is 0.270 e. The van der Waals surface area contributed by atoms with Crippen molar-refractivity contribution in [1.82, 2.24) is 0 Å². The molecular weight excluding hydrogens is 410 g/mol. The van der Waals surface area contributed by atoms with Crippen LogP contribution in [0.15, 0.2) is 41.3 Å². The number of methoxy groups -OCH3 is 3. The van der Waals surface area contributed by atoms with E-state index in [0.29, 0.717) is 43.3 Å². The first-order valence-electron chi connectivity index (χ1n) is 8.58. The Balaban J connectivity index is 1.98. The van der Waals surface area contributed by atoms with E-state index >= 15 is 0 Å². The number of benzene rings is 2. The first-order chi connectivity index (χ1) is 13.9. The third-order valence-corrected chi connectivity index (χ3v) is 5.59. The molecule has 2 aromatic carbocycles. The minimum Gasteiger partial charge on any atom is -0.493 e. The van der Waals surface area contributed by atoms with Crippen molar-refractivity contribution in [1.29, 1.82) is 0 Å². The van der Waals surface area contributed by atoms with Crippen molar-refractivity contribution >= 4 is 51.8 Å². The number of hydrogen-bond donors (Lipinski definition) is 0. The smallest absolute Gasteiger partial charge is 0.270 e. The highest BCUT2D eigenvalue weighted by Gasteiger charge is 2.33. The van der Waals surface area contributed by atoms with Crippen molar-refractivity contribution in [3.63, 3.8) is 0 Å². The molecule has 0 bridgehead atoms. The molecule has 6 nitrogen and oxygen atoms in total. The number of carbonyl (C=O) groups excluding carboxylic acids is 2. The maximum absolute atomic E-state index is 13.0. The van der Waals surface area contributed by atoms with Crippen LogP contribution in [0.4, 0.5) is 5.69 Å². The fraction of sp³-hybridized carbons (Fsp3) is 0.190. The SMILES string of the molecule is COc1cc(/C=C2/SC(=S)N(c3cccc(C(C)=O)c3)C2=O)cc(OC)c1OC. The minimum atomic E-state index is -0.255. The summed E-state index contributed by atoms with van der Waals surface area (Å²) in [7, 11) is 4.59. The van der Waals surface area contributed by atoms with Gasteiger partial charge in [0.15, 0.2) is 21.6 Å². The van der Waals surface area contributed by atoms with E-state index in [0.717, 1.165) is 0 Å². The molecule has 1 saturated heterocycles. The van der Waals surface area contributed by atoms with E-state index in [1.165, 1.54) is 44.9 Å². The van der Waals surface area contributed by atoms with E-state index in [1.54, 1.807) is 42.5 Å². The number of carbonyl (C=O) groups is 2. The number of nitrogens with zero attached hydrogens (tertiary/aromatic N) is 1. The lowest BCUT2D eigenvalue weighted by Gasteiger charge is -2.15. The molecule has 1 amide bonds. The van der Waals surface area contributed by atoms with Gasteiger partial charge in [-0.2, -0.15) is 0 Å². The fourth-order valence-electron chi connectivity index (χ4n) is 2.89. The van der Waals surface area contributed by atoms with Crippen LogP contribution in [0.3, 0.4) is 0 Å². The van der Waals surface area contributed by atoms with Crippen molar-refractivity contribution < 1.29 is 23.8 Å². The largest absolute Gasteiger partial charge is 0.493 e. The minimum absolute atomic E-state index is 0.0785. The zero-order valence-corrected chi connectivity index (χ0v) is 18.0. The van der Waals surface area contributed by atoms with Crippen LogP contribution < -0.4 is 19.1 Å². The van der Waals surface area contributed by atoms with E-state index in [1.807, 2.05) is 0 Å². The Bertz CT molecular complexity index is 1010. The number of thioether (sulfide) groups is 1. The second-order valence-electron chi connectivity index (χ2n) is 6.08. The normalized spacial score (nSPS) is 15.0. The molecule has 0 aromatic heterocycles. The van der Waals surface area contributed by atoms with Gasteiger partial charge in [0.05, 0.1) is 31.9 Å². The van der Waals surface area contributed by atoms with Crippen LogP contribution in [-0.4, -0.2) is 37.3 Å². The Kier molecular flexibility index (Phi) is 6.24. The Labute approximate surface area is 178 Å². The van der Waals surface area contributed by atoms with Gasteiger partial charge in [-0.15, -0.1) is 0 Å². The molecule has 0 saturated carbocycles. The van der Waals surface area contributed by atoms with Gasteiger partial charge in [0, 0.05) is 5.56 Å². The lowest BCUT2D eigenvalue weighted by Crippen LogP contribution is -2.27. The van der Waals surface area contributed by atoms with Gasteiger partial charge >= 0.3 is 0 Å². The van der Waals surface area contributed by atoms with E-state index in [2.05, 4.69) is 0 Å². The Morgan fingerprint density at radius 1 is 1.07 bits per heavy atom. The average Bonchev–Trinajstić information content (AvgIpc) is 3.00. The first kappa shape index (κ1) is 20.9. The molecule has 1 fully saturated rings. The van der Waals surface area contributed by atoms with E-state index in [-0.39, 0.29) is 11.7 Å². The molecule has 1 heterocycles. The van der Waals surface area contributed by atoms with Crippen molar-refractivity contribution in [2.75, 3.05) is 26.2 Å². The van der Waals surface area contributed by atoms with Crippen LogP contribution in [0.2, 0.25) is 0 Å². The molecule has 1 aliphatic rings. The lowest BCUT2D eigenvalue weighted by atomic mass is 10.1. The molecular formula is C21H19NO5S2. The van der Waals surface area contributed by atoms with Gasteiger partial charge in [0.1, 0.15) is 0 Å². The number of anilines is 1. The van der Waals surface area contributed by atoms with Crippen LogP contribution >= 0.6 is 24.0 Å². The van der Waals surface area contributed by atoms with Gasteiger partial charge in [-0.05, 0) is 42.8 Å². The summed E-state index contributed by atoms with van der Waals surface area (Å²) in [5.41, 5.74) is 1.79. The van der Waals surface area contributed by atoms with Crippen LogP contribution in [-0.2, 0) is 4.79 Å². The second kappa shape index (κ2) is 8.67. The van der Waals surface area contributed by atoms with Crippen molar-refractivity contribution in [3.8, 4) is 17.2 Å². The predicted octanol–water partition coefficient (Wildman–Crippen LogP) is 4.32. The summed E-state index contributed by atoms with van der Waals surface area (Å²) in [5, 5.41) is 0. The summed E-state index contributed by atoms with van der Waals surface area (Å²) in [5.74, 6) is 1.12.